The second kappa shape index (κ2) is 4.10. The molecule has 0 aliphatic carbocycles. The minimum Gasteiger partial charge on any atom is -0.389 e. The Morgan fingerprint density at radius 1 is 1.60 bits per heavy atom. The van der Waals surface area contributed by atoms with E-state index in [9.17, 15) is 0 Å². The van der Waals surface area contributed by atoms with Crippen LogP contribution >= 0.6 is 11.3 Å². The van der Waals surface area contributed by atoms with Gasteiger partial charge in [-0.05, 0) is 24.8 Å². The number of aromatic nitrogens is 1. The zero-order valence-corrected chi connectivity index (χ0v) is 10.3. The summed E-state index contributed by atoms with van der Waals surface area (Å²) in [6.07, 6.45) is 4.40. The van der Waals surface area contributed by atoms with Crippen LogP contribution in [0.4, 0.5) is 5.00 Å². The Hall–Kier alpha value is -0.610. The molecular weight excluding hydrogens is 206 g/mol. The highest BCUT2D eigenvalue weighted by atomic mass is 32.1. The quantitative estimate of drug-likeness (QED) is 0.840. The summed E-state index contributed by atoms with van der Waals surface area (Å²) in [5.41, 5.74) is 6.13. The number of nitrogens with zero attached hydrogens (tertiary/aromatic N) is 2. The lowest BCUT2D eigenvalue weighted by molar-refractivity contribution is 0.111. The van der Waals surface area contributed by atoms with E-state index in [1.54, 1.807) is 17.5 Å². The Morgan fingerprint density at radius 3 is 3.00 bits per heavy atom. The normalized spacial score (nSPS) is 21.7. The highest BCUT2D eigenvalue weighted by Crippen LogP contribution is 2.29. The second-order valence-corrected chi connectivity index (χ2v) is 6.28. The van der Waals surface area contributed by atoms with Gasteiger partial charge in [0.2, 0.25) is 0 Å². The molecule has 2 rings (SSSR count). The van der Waals surface area contributed by atoms with Gasteiger partial charge in [-0.3, -0.25) is 4.90 Å². The average Bonchev–Trinajstić information content (AvgIpc) is 2.49. The second-order valence-electron chi connectivity index (χ2n) is 5.13. The van der Waals surface area contributed by atoms with Crippen molar-refractivity contribution in [2.45, 2.75) is 33.2 Å². The molecule has 15 heavy (non-hydrogen) atoms. The van der Waals surface area contributed by atoms with Gasteiger partial charge in [0.1, 0.15) is 10.0 Å². The zero-order chi connectivity index (χ0) is 10.9. The highest BCUT2D eigenvalue weighted by molar-refractivity contribution is 7.15. The lowest BCUT2D eigenvalue weighted by Gasteiger charge is -2.37. The molecule has 1 saturated heterocycles. The van der Waals surface area contributed by atoms with E-state index < -0.39 is 0 Å². The van der Waals surface area contributed by atoms with Crippen molar-refractivity contribution >= 4 is 16.3 Å². The third-order valence-corrected chi connectivity index (χ3v) is 3.72. The summed E-state index contributed by atoms with van der Waals surface area (Å²) < 4.78 is 0. The maximum atomic E-state index is 5.67. The molecule has 1 aromatic rings. The van der Waals surface area contributed by atoms with Gasteiger partial charge >= 0.3 is 0 Å². The predicted octanol–water partition coefficient (Wildman–Crippen LogP) is 2.35. The summed E-state index contributed by atoms with van der Waals surface area (Å²) in [5.74, 6) is 0. The fraction of sp³-hybridized carbons (Fsp3) is 0.727. The molecule has 3 nitrogen and oxygen atoms in total. The van der Waals surface area contributed by atoms with Gasteiger partial charge in [0.15, 0.2) is 0 Å². The van der Waals surface area contributed by atoms with Crippen molar-refractivity contribution in [3.63, 3.8) is 0 Å². The number of rotatable bonds is 2. The molecular formula is C11H19N3S. The van der Waals surface area contributed by atoms with Crippen molar-refractivity contribution in [1.29, 1.82) is 0 Å². The van der Waals surface area contributed by atoms with Crippen LogP contribution in [-0.4, -0.2) is 23.0 Å². The van der Waals surface area contributed by atoms with Crippen molar-refractivity contribution in [2.75, 3.05) is 18.8 Å². The number of nitrogens with two attached hydrogens (primary N) is 1. The minimum absolute atomic E-state index is 0.459. The summed E-state index contributed by atoms with van der Waals surface area (Å²) in [5, 5.41) is 1.96. The number of piperidine rings is 1. The minimum atomic E-state index is 0.459. The van der Waals surface area contributed by atoms with E-state index in [2.05, 4.69) is 23.7 Å². The molecule has 1 aromatic heterocycles. The zero-order valence-electron chi connectivity index (χ0n) is 9.49. The molecule has 0 radical (unpaired) electrons. The number of likely N-dealkylation sites (tertiary alicyclic amines) is 1. The van der Waals surface area contributed by atoms with Crippen molar-refractivity contribution in [2.24, 2.45) is 5.41 Å². The van der Waals surface area contributed by atoms with Crippen molar-refractivity contribution in [1.82, 2.24) is 9.88 Å². The standard InChI is InChI=1S/C11H19N3S/c1-11(2)4-3-5-14(8-11)7-10-13-6-9(12)15-10/h6H,3-5,7-8,12H2,1-2H3. The maximum absolute atomic E-state index is 5.67. The summed E-state index contributed by atoms with van der Waals surface area (Å²) in [4.78, 5) is 6.80. The lowest BCUT2D eigenvalue weighted by Crippen LogP contribution is -2.39. The van der Waals surface area contributed by atoms with E-state index >= 15 is 0 Å². The van der Waals surface area contributed by atoms with Gasteiger partial charge in [-0.25, -0.2) is 4.98 Å². The lowest BCUT2D eigenvalue weighted by atomic mass is 9.84. The predicted molar refractivity (Wildman–Crippen MR) is 64.8 cm³/mol. The number of hydrogen-bond acceptors (Lipinski definition) is 4. The van der Waals surface area contributed by atoms with Crippen LogP contribution in [-0.2, 0) is 6.54 Å². The summed E-state index contributed by atoms with van der Waals surface area (Å²) >= 11 is 1.61. The van der Waals surface area contributed by atoms with Crippen LogP contribution < -0.4 is 5.73 Å². The smallest absolute Gasteiger partial charge is 0.109 e. The van der Waals surface area contributed by atoms with Crippen LogP contribution in [0.5, 0.6) is 0 Å². The van der Waals surface area contributed by atoms with Crippen LogP contribution in [0.25, 0.3) is 0 Å². The molecule has 0 spiro atoms. The third kappa shape index (κ3) is 2.92. The van der Waals surface area contributed by atoms with Crippen molar-refractivity contribution < 1.29 is 0 Å². The number of nitrogen functional groups attached to an aromatic ring is 1. The van der Waals surface area contributed by atoms with Gasteiger partial charge in [0.25, 0.3) is 0 Å². The molecule has 1 aliphatic rings. The molecule has 1 fully saturated rings. The summed E-state index contributed by atoms with van der Waals surface area (Å²) in [6.45, 7) is 8.02. The van der Waals surface area contributed by atoms with Crippen molar-refractivity contribution in [3.05, 3.63) is 11.2 Å². The fourth-order valence-electron chi connectivity index (χ4n) is 2.27. The molecule has 0 saturated carbocycles. The van der Waals surface area contributed by atoms with Crippen LogP contribution in [0, 0.1) is 5.41 Å². The van der Waals surface area contributed by atoms with E-state index in [1.165, 1.54) is 25.9 Å². The largest absolute Gasteiger partial charge is 0.389 e. The Labute approximate surface area is 95.3 Å². The molecule has 1 aliphatic heterocycles. The van der Waals surface area contributed by atoms with E-state index in [-0.39, 0.29) is 0 Å². The first kappa shape index (κ1) is 10.9. The fourth-order valence-corrected chi connectivity index (χ4v) is 3.00. The molecule has 0 bridgehead atoms. The van der Waals surface area contributed by atoms with Crippen LogP contribution in [0.15, 0.2) is 6.20 Å². The molecule has 0 amide bonds. The van der Waals surface area contributed by atoms with Crippen LogP contribution in [0.1, 0.15) is 31.7 Å². The average molecular weight is 225 g/mol. The number of thiazole rings is 1. The molecule has 4 heteroatoms. The van der Waals surface area contributed by atoms with Gasteiger partial charge in [-0.1, -0.05) is 13.8 Å². The number of hydrogen-bond donors (Lipinski definition) is 1. The first-order valence-electron chi connectivity index (χ1n) is 5.48. The van der Waals surface area contributed by atoms with Crippen LogP contribution in [0.3, 0.4) is 0 Å². The molecule has 84 valence electrons. The van der Waals surface area contributed by atoms with E-state index in [4.69, 9.17) is 5.73 Å². The SMILES string of the molecule is CC1(C)CCCN(Cc2ncc(N)s2)C1. The molecule has 0 aromatic carbocycles. The molecule has 0 unspecified atom stereocenters. The van der Waals surface area contributed by atoms with Gasteiger partial charge in [0.05, 0.1) is 12.7 Å². The molecule has 2 N–H and O–H groups in total. The monoisotopic (exact) mass is 225 g/mol. The summed E-state index contributed by atoms with van der Waals surface area (Å²) in [7, 11) is 0. The van der Waals surface area contributed by atoms with Crippen molar-refractivity contribution in [3.8, 4) is 0 Å². The maximum Gasteiger partial charge on any atom is 0.109 e. The number of anilines is 1. The Kier molecular flexibility index (Phi) is 2.98. The molecule has 0 atom stereocenters. The van der Waals surface area contributed by atoms with Gasteiger partial charge in [-0.2, -0.15) is 0 Å². The Morgan fingerprint density at radius 2 is 2.40 bits per heavy atom. The van der Waals surface area contributed by atoms with Gasteiger partial charge in [0, 0.05) is 6.54 Å². The van der Waals surface area contributed by atoms with Gasteiger partial charge < -0.3 is 5.73 Å². The van der Waals surface area contributed by atoms with Gasteiger partial charge in [-0.15, -0.1) is 11.3 Å². The first-order chi connectivity index (χ1) is 7.05. The third-order valence-electron chi connectivity index (χ3n) is 2.91. The highest BCUT2D eigenvalue weighted by Gasteiger charge is 2.26. The first-order valence-corrected chi connectivity index (χ1v) is 6.29. The topological polar surface area (TPSA) is 42.2 Å². The van der Waals surface area contributed by atoms with E-state index in [1.807, 2.05) is 0 Å². The Bertz CT molecular complexity index is 332. The molecule has 2 heterocycles. The van der Waals surface area contributed by atoms with E-state index in [0.29, 0.717) is 5.41 Å². The Balaban J connectivity index is 1.95. The van der Waals surface area contributed by atoms with Crippen LogP contribution in [0.2, 0.25) is 0 Å². The van der Waals surface area contributed by atoms with E-state index in [0.717, 1.165) is 16.6 Å². The summed E-state index contributed by atoms with van der Waals surface area (Å²) in [6, 6.07) is 0.